The minimum atomic E-state index is 0.297. The average Bonchev–Trinajstić information content (AvgIpc) is 2.76. The van der Waals surface area contributed by atoms with Crippen molar-refractivity contribution in [3.63, 3.8) is 0 Å². The van der Waals surface area contributed by atoms with Gasteiger partial charge in [0.2, 0.25) is 0 Å². The van der Waals surface area contributed by atoms with Crippen LogP contribution in [0.2, 0.25) is 0 Å². The minimum absolute atomic E-state index is 0.297. The highest BCUT2D eigenvalue weighted by atomic mass is 16.3. The molecule has 1 aliphatic rings. The molecule has 1 unspecified atom stereocenters. The second-order valence-corrected chi connectivity index (χ2v) is 4.81. The van der Waals surface area contributed by atoms with Gasteiger partial charge in [-0.2, -0.15) is 5.10 Å². The molecule has 0 fully saturated rings. The lowest BCUT2D eigenvalue weighted by atomic mass is 9.93. The predicted molar refractivity (Wildman–Crippen MR) is 70.6 cm³/mol. The third-order valence-corrected chi connectivity index (χ3v) is 3.58. The summed E-state index contributed by atoms with van der Waals surface area (Å²) >= 11 is 0. The Hall–Kier alpha value is -1.97. The maximum atomic E-state index is 9.28. The van der Waals surface area contributed by atoms with Crippen molar-refractivity contribution in [3.05, 3.63) is 41.7 Å². The maximum Gasteiger partial charge on any atom is 0.115 e. The van der Waals surface area contributed by atoms with Gasteiger partial charge in [0.05, 0.1) is 12.2 Å². The summed E-state index contributed by atoms with van der Waals surface area (Å²) in [6.45, 7) is 0. The Balaban J connectivity index is 1.84. The molecule has 94 valence electrons. The van der Waals surface area contributed by atoms with Gasteiger partial charge in [0.15, 0.2) is 0 Å². The van der Waals surface area contributed by atoms with Gasteiger partial charge in [-0.3, -0.25) is 4.68 Å². The van der Waals surface area contributed by atoms with Gasteiger partial charge in [0.1, 0.15) is 5.75 Å². The van der Waals surface area contributed by atoms with Crippen molar-refractivity contribution >= 4 is 5.69 Å². The van der Waals surface area contributed by atoms with Crippen LogP contribution >= 0.6 is 0 Å². The Morgan fingerprint density at radius 1 is 1.33 bits per heavy atom. The molecule has 0 aliphatic heterocycles. The molecule has 0 saturated heterocycles. The van der Waals surface area contributed by atoms with E-state index in [4.69, 9.17) is 0 Å². The van der Waals surface area contributed by atoms with Crippen LogP contribution in [0.25, 0.3) is 0 Å². The van der Waals surface area contributed by atoms with Crippen LogP contribution in [-0.2, 0) is 13.5 Å². The first-order valence-electron chi connectivity index (χ1n) is 6.30. The van der Waals surface area contributed by atoms with Crippen LogP contribution < -0.4 is 5.32 Å². The summed E-state index contributed by atoms with van der Waals surface area (Å²) in [5.41, 5.74) is 3.67. The van der Waals surface area contributed by atoms with Gasteiger partial charge in [-0.05, 0) is 43.5 Å². The second-order valence-electron chi connectivity index (χ2n) is 4.81. The molecule has 3 rings (SSSR count). The molecule has 1 atom stereocenters. The fraction of sp³-hybridized carbons (Fsp3) is 0.357. The Labute approximate surface area is 106 Å². The number of phenolic OH excluding ortho intramolecular Hbond substituents is 1. The Kier molecular flexibility index (Phi) is 2.70. The molecule has 0 amide bonds. The van der Waals surface area contributed by atoms with Crippen molar-refractivity contribution < 1.29 is 5.11 Å². The number of hydrogen-bond acceptors (Lipinski definition) is 3. The lowest BCUT2D eigenvalue weighted by Gasteiger charge is -2.24. The lowest BCUT2D eigenvalue weighted by Crippen LogP contribution is -2.17. The van der Waals surface area contributed by atoms with Crippen molar-refractivity contribution in [1.82, 2.24) is 9.78 Å². The van der Waals surface area contributed by atoms with Crippen LogP contribution in [-0.4, -0.2) is 14.9 Å². The normalized spacial score (nSPS) is 18.4. The molecular formula is C14H17N3O. The summed E-state index contributed by atoms with van der Waals surface area (Å²) in [5.74, 6) is 0.297. The van der Waals surface area contributed by atoms with E-state index in [1.165, 1.54) is 17.7 Å². The number of fused-ring (bicyclic) bond motifs is 1. The van der Waals surface area contributed by atoms with Crippen molar-refractivity contribution in [1.29, 1.82) is 0 Å². The molecule has 4 nitrogen and oxygen atoms in total. The highest BCUT2D eigenvalue weighted by molar-refractivity contribution is 5.48. The lowest BCUT2D eigenvalue weighted by molar-refractivity contribution is 0.475. The first-order chi connectivity index (χ1) is 8.74. The standard InChI is InChI=1S/C14H17N3O/c1-17-14-4-2-3-13(12(14)9-15-17)16-10-5-7-11(18)8-6-10/h5-9,13,16,18H,2-4H2,1H3. The van der Waals surface area contributed by atoms with Crippen molar-refractivity contribution in [2.24, 2.45) is 7.05 Å². The van der Waals surface area contributed by atoms with Gasteiger partial charge in [-0.25, -0.2) is 0 Å². The van der Waals surface area contributed by atoms with Crippen LogP contribution in [0.15, 0.2) is 30.5 Å². The largest absolute Gasteiger partial charge is 0.508 e. The molecule has 0 bridgehead atoms. The van der Waals surface area contributed by atoms with E-state index in [0.717, 1.165) is 18.5 Å². The van der Waals surface area contributed by atoms with Crippen LogP contribution in [0.3, 0.4) is 0 Å². The smallest absolute Gasteiger partial charge is 0.115 e. The molecule has 0 saturated carbocycles. The monoisotopic (exact) mass is 243 g/mol. The zero-order chi connectivity index (χ0) is 12.5. The number of hydrogen-bond donors (Lipinski definition) is 2. The first kappa shape index (κ1) is 11.1. The second kappa shape index (κ2) is 4.37. The number of aromatic nitrogens is 2. The Morgan fingerprint density at radius 2 is 2.11 bits per heavy atom. The average molecular weight is 243 g/mol. The zero-order valence-electron chi connectivity index (χ0n) is 10.4. The number of aryl methyl sites for hydroxylation is 1. The van der Waals surface area contributed by atoms with Crippen LogP contribution in [0.1, 0.15) is 30.1 Å². The fourth-order valence-electron chi connectivity index (χ4n) is 2.61. The first-order valence-corrected chi connectivity index (χ1v) is 6.30. The van der Waals surface area contributed by atoms with E-state index in [1.807, 2.05) is 30.1 Å². The maximum absolute atomic E-state index is 9.28. The molecule has 1 aromatic heterocycles. The number of nitrogens with zero attached hydrogens (tertiary/aromatic N) is 2. The summed E-state index contributed by atoms with van der Waals surface area (Å²) in [7, 11) is 2.00. The number of aromatic hydroxyl groups is 1. The molecule has 1 heterocycles. The molecule has 2 aromatic rings. The highest BCUT2D eigenvalue weighted by Gasteiger charge is 2.23. The quantitative estimate of drug-likeness (QED) is 0.797. The summed E-state index contributed by atoms with van der Waals surface area (Å²) in [6, 6.07) is 7.54. The molecule has 1 aromatic carbocycles. The van der Waals surface area contributed by atoms with Gasteiger partial charge in [0, 0.05) is 24.0 Å². The number of phenols is 1. The number of rotatable bonds is 2. The summed E-state index contributed by atoms with van der Waals surface area (Å²) in [4.78, 5) is 0. The number of benzene rings is 1. The molecular weight excluding hydrogens is 226 g/mol. The van der Waals surface area contributed by atoms with E-state index in [0.29, 0.717) is 11.8 Å². The van der Waals surface area contributed by atoms with Crippen molar-refractivity contribution in [2.75, 3.05) is 5.32 Å². The molecule has 1 aliphatic carbocycles. The molecule has 2 N–H and O–H groups in total. The third kappa shape index (κ3) is 1.94. The highest BCUT2D eigenvalue weighted by Crippen LogP contribution is 2.32. The van der Waals surface area contributed by atoms with Gasteiger partial charge in [-0.15, -0.1) is 0 Å². The zero-order valence-corrected chi connectivity index (χ0v) is 10.4. The molecule has 18 heavy (non-hydrogen) atoms. The summed E-state index contributed by atoms with van der Waals surface area (Å²) in [6.07, 6.45) is 5.38. The number of anilines is 1. The molecule has 4 heteroatoms. The summed E-state index contributed by atoms with van der Waals surface area (Å²) < 4.78 is 1.97. The van der Waals surface area contributed by atoms with E-state index in [2.05, 4.69) is 10.4 Å². The fourth-order valence-corrected chi connectivity index (χ4v) is 2.61. The SMILES string of the molecule is Cn1ncc2c1CCCC2Nc1ccc(O)cc1. The Bertz CT molecular complexity index is 545. The third-order valence-electron chi connectivity index (χ3n) is 3.58. The van der Waals surface area contributed by atoms with Gasteiger partial charge < -0.3 is 10.4 Å². The van der Waals surface area contributed by atoms with Crippen LogP contribution in [0, 0.1) is 0 Å². The minimum Gasteiger partial charge on any atom is -0.508 e. The van der Waals surface area contributed by atoms with Gasteiger partial charge >= 0.3 is 0 Å². The number of nitrogens with one attached hydrogen (secondary N) is 1. The van der Waals surface area contributed by atoms with E-state index in [-0.39, 0.29) is 0 Å². The van der Waals surface area contributed by atoms with E-state index < -0.39 is 0 Å². The van der Waals surface area contributed by atoms with E-state index in [9.17, 15) is 5.11 Å². The molecule has 0 spiro atoms. The van der Waals surface area contributed by atoms with Crippen LogP contribution in [0.4, 0.5) is 5.69 Å². The topological polar surface area (TPSA) is 50.1 Å². The van der Waals surface area contributed by atoms with E-state index in [1.54, 1.807) is 12.1 Å². The van der Waals surface area contributed by atoms with Gasteiger partial charge in [0.25, 0.3) is 0 Å². The van der Waals surface area contributed by atoms with Crippen LogP contribution in [0.5, 0.6) is 5.75 Å². The van der Waals surface area contributed by atoms with Crippen molar-refractivity contribution in [3.8, 4) is 5.75 Å². The summed E-state index contributed by atoms with van der Waals surface area (Å²) in [5, 5.41) is 17.1. The van der Waals surface area contributed by atoms with Gasteiger partial charge in [-0.1, -0.05) is 0 Å². The van der Waals surface area contributed by atoms with Crippen molar-refractivity contribution in [2.45, 2.75) is 25.3 Å². The van der Waals surface area contributed by atoms with E-state index >= 15 is 0 Å². The Morgan fingerprint density at radius 3 is 2.89 bits per heavy atom. The predicted octanol–water partition coefficient (Wildman–Crippen LogP) is 2.62. The molecule has 0 radical (unpaired) electrons.